The Hall–Kier alpha value is -3.60. The van der Waals surface area contributed by atoms with Crippen LogP contribution in [0.1, 0.15) is 60.5 Å². The second-order valence-corrected chi connectivity index (χ2v) is 8.99. The summed E-state index contributed by atoms with van der Waals surface area (Å²) in [5.41, 5.74) is 3.11. The fourth-order valence-corrected chi connectivity index (χ4v) is 4.59. The molecule has 35 heavy (non-hydrogen) atoms. The molecule has 2 N–H and O–H groups in total. The fourth-order valence-electron chi connectivity index (χ4n) is 4.59. The normalized spacial score (nSPS) is 14.1. The Bertz CT molecular complexity index is 1060. The van der Waals surface area contributed by atoms with Gasteiger partial charge in [0.1, 0.15) is 5.75 Å². The first kappa shape index (κ1) is 26.0. The molecule has 5 heteroatoms. The lowest BCUT2D eigenvalue weighted by molar-refractivity contribution is -0.119. The van der Waals surface area contributed by atoms with Crippen molar-refractivity contribution in [2.24, 2.45) is 0 Å². The zero-order valence-corrected chi connectivity index (χ0v) is 20.8. The van der Waals surface area contributed by atoms with Crippen molar-refractivity contribution in [1.29, 1.82) is 0 Å². The highest BCUT2D eigenvalue weighted by Crippen LogP contribution is 2.39. The van der Waals surface area contributed by atoms with E-state index in [0.29, 0.717) is 24.4 Å². The lowest BCUT2D eigenvalue weighted by Gasteiger charge is -2.38. The van der Waals surface area contributed by atoms with Crippen molar-refractivity contribution in [3.05, 3.63) is 102 Å². The standard InChI is InChI=1S/C21H25NO2.C9H11NO/c1-24-19-13-7-6-12-18(19)20(23)22-16-21(14-8-3-9-15-21)17-10-4-2-5-11-17;1-8(11)10-7-9-5-3-2-4-6-9/h2,4-7,10-13H,3,8-9,14-16H2,1H3,(H,22,23);2-6H,7H2,1H3,(H,10,11). The van der Waals surface area contributed by atoms with Gasteiger partial charge in [-0.25, -0.2) is 0 Å². The van der Waals surface area contributed by atoms with Gasteiger partial charge in [0.05, 0.1) is 12.7 Å². The molecule has 0 aliphatic heterocycles. The van der Waals surface area contributed by atoms with Gasteiger partial charge in [-0.1, -0.05) is 92.1 Å². The Morgan fingerprint density at radius 2 is 1.40 bits per heavy atom. The molecular formula is C30H36N2O3. The van der Waals surface area contributed by atoms with Gasteiger partial charge in [0.25, 0.3) is 5.91 Å². The van der Waals surface area contributed by atoms with Gasteiger partial charge >= 0.3 is 0 Å². The van der Waals surface area contributed by atoms with Gasteiger partial charge in [0, 0.05) is 25.4 Å². The van der Waals surface area contributed by atoms with Crippen LogP contribution in [0.15, 0.2) is 84.9 Å². The Labute approximate surface area is 208 Å². The van der Waals surface area contributed by atoms with Crippen LogP contribution in [0.2, 0.25) is 0 Å². The number of nitrogens with one attached hydrogen (secondary N) is 2. The molecule has 2 amide bonds. The number of ether oxygens (including phenoxy) is 1. The van der Waals surface area contributed by atoms with E-state index in [4.69, 9.17) is 4.74 Å². The summed E-state index contributed by atoms with van der Waals surface area (Å²) in [7, 11) is 1.60. The molecule has 4 rings (SSSR count). The Kier molecular flexibility index (Phi) is 9.91. The first-order valence-electron chi connectivity index (χ1n) is 12.3. The SMILES string of the molecule is CC(=O)NCc1ccccc1.COc1ccccc1C(=O)NCC1(c2ccccc2)CCCCC1. The third kappa shape index (κ3) is 7.71. The molecule has 5 nitrogen and oxygen atoms in total. The summed E-state index contributed by atoms with van der Waals surface area (Å²) >= 11 is 0. The summed E-state index contributed by atoms with van der Waals surface area (Å²) in [6, 6.07) is 27.8. The first-order chi connectivity index (χ1) is 17.0. The molecule has 0 spiro atoms. The molecule has 1 saturated carbocycles. The number of carbonyl (C=O) groups is 2. The van der Waals surface area contributed by atoms with E-state index in [1.807, 2.05) is 60.7 Å². The van der Waals surface area contributed by atoms with Crippen LogP contribution in [0.3, 0.4) is 0 Å². The van der Waals surface area contributed by atoms with Crippen molar-refractivity contribution in [1.82, 2.24) is 10.6 Å². The minimum absolute atomic E-state index is 0.00820. The van der Waals surface area contributed by atoms with E-state index in [1.54, 1.807) is 7.11 Å². The number of amides is 2. The monoisotopic (exact) mass is 472 g/mol. The maximum Gasteiger partial charge on any atom is 0.255 e. The summed E-state index contributed by atoms with van der Waals surface area (Å²) in [6.07, 6.45) is 5.99. The zero-order valence-electron chi connectivity index (χ0n) is 20.8. The highest BCUT2D eigenvalue weighted by atomic mass is 16.5. The Morgan fingerprint density at radius 3 is 2.03 bits per heavy atom. The van der Waals surface area contributed by atoms with Crippen molar-refractivity contribution < 1.29 is 14.3 Å². The highest BCUT2D eigenvalue weighted by molar-refractivity contribution is 5.97. The van der Waals surface area contributed by atoms with Gasteiger partial charge in [0.15, 0.2) is 0 Å². The molecule has 0 unspecified atom stereocenters. The van der Waals surface area contributed by atoms with Gasteiger partial charge in [-0.2, -0.15) is 0 Å². The van der Waals surface area contributed by atoms with E-state index in [0.717, 1.165) is 18.4 Å². The van der Waals surface area contributed by atoms with Crippen LogP contribution in [-0.4, -0.2) is 25.5 Å². The van der Waals surface area contributed by atoms with Crippen LogP contribution < -0.4 is 15.4 Å². The molecule has 1 aliphatic carbocycles. The van der Waals surface area contributed by atoms with Crippen molar-refractivity contribution in [3.63, 3.8) is 0 Å². The second kappa shape index (κ2) is 13.3. The molecule has 1 aliphatic rings. The summed E-state index contributed by atoms with van der Waals surface area (Å²) in [4.78, 5) is 23.2. The number of carbonyl (C=O) groups excluding carboxylic acids is 2. The fraction of sp³-hybridized carbons (Fsp3) is 0.333. The first-order valence-corrected chi connectivity index (χ1v) is 12.3. The molecule has 0 bridgehead atoms. The summed E-state index contributed by atoms with van der Waals surface area (Å²) < 4.78 is 5.31. The van der Waals surface area contributed by atoms with Crippen LogP contribution in [-0.2, 0) is 16.8 Å². The van der Waals surface area contributed by atoms with Crippen LogP contribution in [0.4, 0.5) is 0 Å². The van der Waals surface area contributed by atoms with Gasteiger partial charge in [-0.3, -0.25) is 9.59 Å². The Morgan fingerprint density at radius 1 is 0.800 bits per heavy atom. The van der Waals surface area contributed by atoms with Gasteiger partial charge in [-0.05, 0) is 36.1 Å². The number of methoxy groups -OCH3 is 1. The topological polar surface area (TPSA) is 67.4 Å². The van der Waals surface area contributed by atoms with E-state index >= 15 is 0 Å². The minimum atomic E-state index is -0.0617. The molecule has 3 aromatic rings. The molecule has 0 heterocycles. The number of benzene rings is 3. The molecule has 3 aromatic carbocycles. The lowest BCUT2D eigenvalue weighted by Crippen LogP contribution is -2.42. The molecule has 1 fully saturated rings. The zero-order chi connectivity index (χ0) is 24.9. The smallest absolute Gasteiger partial charge is 0.255 e. The lowest BCUT2D eigenvalue weighted by atomic mass is 9.69. The molecule has 0 saturated heterocycles. The van der Waals surface area contributed by atoms with Crippen LogP contribution >= 0.6 is 0 Å². The van der Waals surface area contributed by atoms with Gasteiger partial charge < -0.3 is 15.4 Å². The quantitative estimate of drug-likeness (QED) is 0.467. The highest BCUT2D eigenvalue weighted by Gasteiger charge is 2.34. The summed E-state index contributed by atoms with van der Waals surface area (Å²) in [5, 5.41) is 5.89. The van der Waals surface area contributed by atoms with Gasteiger partial charge in [-0.15, -0.1) is 0 Å². The van der Waals surface area contributed by atoms with Crippen molar-refractivity contribution in [2.45, 2.75) is 51.0 Å². The van der Waals surface area contributed by atoms with Crippen molar-refractivity contribution >= 4 is 11.8 Å². The third-order valence-electron chi connectivity index (χ3n) is 6.52. The number of para-hydroxylation sites is 1. The van der Waals surface area contributed by atoms with Crippen LogP contribution in [0.25, 0.3) is 0 Å². The molecule has 184 valence electrons. The van der Waals surface area contributed by atoms with Crippen molar-refractivity contribution in [2.75, 3.05) is 13.7 Å². The summed E-state index contributed by atoms with van der Waals surface area (Å²) in [5.74, 6) is 0.564. The van der Waals surface area contributed by atoms with E-state index in [2.05, 4.69) is 34.9 Å². The predicted molar refractivity (Wildman–Crippen MR) is 140 cm³/mol. The summed E-state index contributed by atoms with van der Waals surface area (Å²) in [6.45, 7) is 2.81. The largest absolute Gasteiger partial charge is 0.496 e. The van der Waals surface area contributed by atoms with E-state index in [1.165, 1.54) is 31.7 Å². The number of hydrogen-bond donors (Lipinski definition) is 2. The molecule has 0 atom stereocenters. The maximum atomic E-state index is 12.6. The average molecular weight is 473 g/mol. The van der Waals surface area contributed by atoms with E-state index in [-0.39, 0.29) is 17.2 Å². The third-order valence-corrected chi connectivity index (χ3v) is 6.52. The Balaban J connectivity index is 0.000000261. The second-order valence-electron chi connectivity index (χ2n) is 8.99. The van der Waals surface area contributed by atoms with Crippen LogP contribution in [0.5, 0.6) is 5.75 Å². The van der Waals surface area contributed by atoms with E-state index < -0.39 is 0 Å². The molecular weight excluding hydrogens is 436 g/mol. The predicted octanol–water partition coefficient (Wildman–Crippen LogP) is 5.65. The molecule has 0 radical (unpaired) electrons. The number of hydrogen-bond acceptors (Lipinski definition) is 3. The van der Waals surface area contributed by atoms with Crippen LogP contribution in [0, 0.1) is 0 Å². The maximum absolute atomic E-state index is 12.6. The number of rotatable bonds is 7. The average Bonchev–Trinajstić information content (AvgIpc) is 2.92. The van der Waals surface area contributed by atoms with E-state index in [9.17, 15) is 9.59 Å². The minimum Gasteiger partial charge on any atom is -0.496 e. The van der Waals surface area contributed by atoms with Crippen molar-refractivity contribution in [3.8, 4) is 5.75 Å². The van der Waals surface area contributed by atoms with Gasteiger partial charge in [0.2, 0.25) is 5.91 Å². The molecule has 0 aromatic heterocycles.